The highest BCUT2D eigenvalue weighted by molar-refractivity contribution is 5.99. The Morgan fingerprint density at radius 1 is 1.38 bits per heavy atom. The number of hydrogen-bond acceptors (Lipinski definition) is 3. The molecular weight excluding hydrogens is 202 g/mol. The van der Waals surface area contributed by atoms with Gasteiger partial charge in [-0.1, -0.05) is 19.1 Å². The van der Waals surface area contributed by atoms with Gasteiger partial charge in [-0.3, -0.25) is 4.79 Å². The number of hydrazone groups is 1. The fourth-order valence-corrected chi connectivity index (χ4v) is 1.22. The van der Waals surface area contributed by atoms with Crippen LogP contribution >= 0.6 is 0 Å². The smallest absolute Gasteiger partial charge is 0.240 e. The lowest BCUT2D eigenvalue weighted by Gasteiger charge is -2.02. The molecule has 4 nitrogen and oxygen atoms in total. The topological polar surface area (TPSA) is 67.5 Å². The maximum atomic E-state index is 11.2. The molecule has 0 saturated heterocycles. The summed E-state index contributed by atoms with van der Waals surface area (Å²) in [6.07, 6.45) is 1.32. The van der Waals surface area contributed by atoms with Gasteiger partial charge in [-0.15, -0.1) is 0 Å². The number of benzene rings is 1. The molecule has 86 valence electrons. The van der Waals surface area contributed by atoms with Gasteiger partial charge < -0.3 is 5.73 Å². The van der Waals surface area contributed by atoms with Crippen LogP contribution in [0.5, 0.6) is 0 Å². The lowest BCUT2D eigenvalue weighted by atomic mass is 10.1. The summed E-state index contributed by atoms with van der Waals surface area (Å²) in [7, 11) is 0. The Morgan fingerprint density at radius 3 is 2.56 bits per heavy atom. The standard InChI is InChI=1S/C12H17N3O/c1-3-4-12(16)15-14-9(2)10-5-7-11(13)8-6-10/h5-8H,3-4,13H2,1-2H3,(H,15,16)/b14-9+. The molecule has 0 unspecified atom stereocenters. The number of nitrogen functional groups attached to an aromatic ring is 1. The van der Waals surface area contributed by atoms with E-state index in [4.69, 9.17) is 5.73 Å². The molecule has 0 fully saturated rings. The Hall–Kier alpha value is -1.84. The van der Waals surface area contributed by atoms with Gasteiger partial charge in [0.05, 0.1) is 5.71 Å². The first-order valence-electron chi connectivity index (χ1n) is 5.32. The number of hydrogen-bond donors (Lipinski definition) is 2. The number of nitrogens with zero attached hydrogens (tertiary/aromatic N) is 1. The summed E-state index contributed by atoms with van der Waals surface area (Å²) in [5.74, 6) is -0.0581. The maximum absolute atomic E-state index is 11.2. The van der Waals surface area contributed by atoms with Crippen molar-refractivity contribution in [3.05, 3.63) is 29.8 Å². The van der Waals surface area contributed by atoms with E-state index in [-0.39, 0.29) is 5.91 Å². The number of carbonyl (C=O) groups excluding carboxylic acids is 1. The van der Waals surface area contributed by atoms with Crippen molar-refractivity contribution in [3.63, 3.8) is 0 Å². The van der Waals surface area contributed by atoms with Gasteiger partial charge in [0, 0.05) is 12.1 Å². The van der Waals surface area contributed by atoms with E-state index in [0.29, 0.717) is 12.1 Å². The SMILES string of the molecule is CCCC(=O)N/N=C(\C)c1ccc(N)cc1. The molecule has 0 spiro atoms. The Kier molecular flexibility index (Phi) is 4.51. The molecule has 0 aromatic heterocycles. The van der Waals surface area contributed by atoms with Crippen LogP contribution in [-0.4, -0.2) is 11.6 Å². The van der Waals surface area contributed by atoms with Crippen molar-refractivity contribution < 1.29 is 4.79 Å². The first kappa shape index (κ1) is 12.2. The molecule has 0 bridgehead atoms. The molecule has 4 heteroatoms. The number of nitrogens with one attached hydrogen (secondary N) is 1. The minimum absolute atomic E-state index is 0.0581. The van der Waals surface area contributed by atoms with Gasteiger partial charge in [0.15, 0.2) is 0 Å². The number of nitrogens with two attached hydrogens (primary N) is 1. The minimum atomic E-state index is -0.0581. The largest absolute Gasteiger partial charge is 0.399 e. The van der Waals surface area contributed by atoms with Gasteiger partial charge in [-0.05, 0) is 31.0 Å². The number of anilines is 1. The first-order valence-corrected chi connectivity index (χ1v) is 5.32. The quantitative estimate of drug-likeness (QED) is 0.461. The molecule has 0 aliphatic carbocycles. The summed E-state index contributed by atoms with van der Waals surface area (Å²) in [6, 6.07) is 7.37. The summed E-state index contributed by atoms with van der Waals surface area (Å²) >= 11 is 0. The first-order chi connectivity index (χ1) is 7.63. The monoisotopic (exact) mass is 219 g/mol. The highest BCUT2D eigenvalue weighted by Gasteiger charge is 1.99. The third-order valence-electron chi connectivity index (χ3n) is 2.15. The maximum Gasteiger partial charge on any atom is 0.240 e. The average Bonchev–Trinajstić information content (AvgIpc) is 2.27. The Morgan fingerprint density at radius 2 is 2.00 bits per heavy atom. The van der Waals surface area contributed by atoms with Gasteiger partial charge in [-0.25, -0.2) is 5.43 Å². The van der Waals surface area contributed by atoms with Crippen LogP contribution in [0.15, 0.2) is 29.4 Å². The molecule has 0 radical (unpaired) electrons. The molecule has 0 saturated carbocycles. The normalized spacial score (nSPS) is 11.2. The van der Waals surface area contributed by atoms with Crippen LogP contribution in [0.3, 0.4) is 0 Å². The number of carbonyl (C=O) groups is 1. The van der Waals surface area contributed by atoms with E-state index < -0.39 is 0 Å². The molecule has 0 atom stereocenters. The molecule has 1 rings (SSSR count). The lowest BCUT2D eigenvalue weighted by molar-refractivity contribution is -0.121. The van der Waals surface area contributed by atoms with E-state index in [1.54, 1.807) is 0 Å². The second kappa shape index (κ2) is 5.90. The second-order valence-corrected chi connectivity index (χ2v) is 3.60. The van der Waals surface area contributed by atoms with E-state index in [1.165, 1.54) is 0 Å². The molecular formula is C12H17N3O. The predicted octanol–water partition coefficient (Wildman–Crippen LogP) is 1.91. The molecule has 1 amide bonds. The average molecular weight is 219 g/mol. The van der Waals surface area contributed by atoms with Crippen molar-refractivity contribution in [3.8, 4) is 0 Å². The summed E-state index contributed by atoms with van der Waals surface area (Å²) in [4.78, 5) is 11.2. The van der Waals surface area contributed by atoms with Crippen LogP contribution in [-0.2, 0) is 4.79 Å². The van der Waals surface area contributed by atoms with Crippen molar-refractivity contribution in [2.24, 2.45) is 5.10 Å². The zero-order chi connectivity index (χ0) is 12.0. The highest BCUT2D eigenvalue weighted by Crippen LogP contribution is 2.06. The molecule has 16 heavy (non-hydrogen) atoms. The zero-order valence-corrected chi connectivity index (χ0v) is 9.66. The molecule has 0 heterocycles. The van der Waals surface area contributed by atoms with Crippen LogP contribution in [0.1, 0.15) is 32.3 Å². The van der Waals surface area contributed by atoms with Gasteiger partial charge in [0.1, 0.15) is 0 Å². The lowest BCUT2D eigenvalue weighted by Crippen LogP contribution is -2.18. The van der Waals surface area contributed by atoms with E-state index in [0.717, 1.165) is 17.7 Å². The molecule has 0 aliphatic heterocycles. The van der Waals surface area contributed by atoms with Crippen molar-refractivity contribution in [1.29, 1.82) is 0 Å². The van der Waals surface area contributed by atoms with E-state index >= 15 is 0 Å². The van der Waals surface area contributed by atoms with Crippen molar-refractivity contribution >= 4 is 17.3 Å². The third-order valence-corrected chi connectivity index (χ3v) is 2.15. The van der Waals surface area contributed by atoms with Crippen molar-refractivity contribution in [2.75, 3.05) is 5.73 Å². The molecule has 0 aliphatic rings. The van der Waals surface area contributed by atoms with Crippen LogP contribution in [0.4, 0.5) is 5.69 Å². The Bertz CT molecular complexity index is 382. The van der Waals surface area contributed by atoms with Crippen LogP contribution < -0.4 is 11.2 Å². The van der Waals surface area contributed by atoms with Gasteiger partial charge >= 0.3 is 0 Å². The molecule has 3 N–H and O–H groups in total. The zero-order valence-electron chi connectivity index (χ0n) is 9.66. The van der Waals surface area contributed by atoms with Gasteiger partial charge in [0.25, 0.3) is 0 Å². The van der Waals surface area contributed by atoms with E-state index in [2.05, 4.69) is 10.5 Å². The second-order valence-electron chi connectivity index (χ2n) is 3.60. The summed E-state index contributed by atoms with van der Waals surface area (Å²) in [5.41, 5.74) is 10.5. The number of rotatable bonds is 4. The minimum Gasteiger partial charge on any atom is -0.399 e. The summed E-state index contributed by atoms with van der Waals surface area (Å²) < 4.78 is 0. The van der Waals surface area contributed by atoms with Crippen molar-refractivity contribution in [1.82, 2.24) is 5.43 Å². The fourth-order valence-electron chi connectivity index (χ4n) is 1.22. The van der Waals surface area contributed by atoms with Crippen LogP contribution in [0.2, 0.25) is 0 Å². The van der Waals surface area contributed by atoms with E-state index in [9.17, 15) is 4.79 Å². The Balaban J connectivity index is 2.63. The summed E-state index contributed by atoms with van der Waals surface area (Å²) in [5, 5.41) is 4.02. The fraction of sp³-hybridized carbons (Fsp3) is 0.333. The highest BCUT2D eigenvalue weighted by atomic mass is 16.2. The van der Waals surface area contributed by atoms with Crippen molar-refractivity contribution in [2.45, 2.75) is 26.7 Å². The molecule has 1 aromatic rings. The van der Waals surface area contributed by atoms with E-state index in [1.807, 2.05) is 38.1 Å². The van der Waals surface area contributed by atoms with Crippen LogP contribution in [0.25, 0.3) is 0 Å². The predicted molar refractivity (Wildman–Crippen MR) is 66.1 cm³/mol. The summed E-state index contributed by atoms with van der Waals surface area (Å²) in [6.45, 7) is 3.80. The van der Waals surface area contributed by atoms with Crippen LogP contribution in [0, 0.1) is 0 Å². The molecule has 1 aromatic carbocycles. The van der Waals surface area contributed by atoms with Gasteiger partial charge in [0.2, 0.25) is 5.91 Å². The third kappa shape index (κ3) is 3.73. The number of amides is 1. The van der Waals surface area contributed by atoms with Gasteiger partial charge in [-0.2, -0.15) is 5.10 Å². The Labute approximate surface area is 95.5 Å².